The molecule has 23 heavy (non-hydrogen) atoms. The average Bonchev–Trinajstić information content (AvgIpc) is 2.53. The first-order chi connectivity index (χ1) is 10.9. The molecule has 0 saturated carbocycles. The summed E-state index contributed by atoms with van der Waals surface area (Å²) in [6.45, 7) is 4.04. The van der Waals surface area contributed by atoms with Crippen molar-refractivity contribution in [3.8, 4) is 6.07 Å². The van der Waals surface area contributed by atoms with Crippen molar-refractivity contribution in [3.63, 3.8) is 0 Å². The molecule has 2 aliphatic rings. The standard InChI is InChI=1S/C16H21N3O3S/c1-12-4-3-5-16(13(12)10-17)23(20,21)19-8-9-22-15-6-7-18(2)11-14(15)19/h3-5,14-15H,6-9,11H2,1-2H3/t14-,15+/m1/s1. The van der Waals surface area contributed by atoms with Crippen LogP contribution in [0.5, 0.6) is 0 Å². The van der Waals surface area contributed by atoms with Gasteiger partial charge in [0.2, 0.25) is 10.0 Å². The van der Waals surface area contributed by atoms with E-state index in [1.54, 1.807) is 19.1 Å². The Morgan fingerprint density at radius 3 is 2.87 bits per heavy atom. The predicted molar refractivity (Wildman–Crippen MR) is 85.4 cm³/mol. The lowest BCUT2D eigenvalue weighted by Gasteiger charge is -2.45. The fourth-order valence-electron chi connectivity index (χ4n) is 3.42. The molecule has 7 heteroatoms. The number of likely N-dealkylation sites (tertiary alicyclic amines) is 1. The minimum Gasteiger partial charge on any atom is -0.375 e. The minimum absolute atomic E-state index is 0.0648. The van der Waals surface area contributed by atoms with E-state index >= 15 is 0 Å². The highest BCUT2D eigenvalue weighted by molar-refractivity contribution is 7.89. The summed E-state index contributed by atoms with van der Waals surface area (Å²) in [5.74, 6) is 0. The first-order valence-corrected chi connectivity index (χ1v) is 9.21. The monoisotopic (exact) mass is 335 g/mol. The van der Waals surface area contributed by atoms with Gasteiger partial charge in [-0.3, -0.25) is 0 Å². The fraction of sp³-hybridized carbons (Fsp3) is 0.562. The number of morpholine rings is 1. The molecule has 2 atom stereocenters. The van der Waals surface area contributed by atoms with Crippen LogP contribution in [0.4, 0.5) is 0 Å². The smallest absolute Gasteiger partial charge is 0.244 e. The normalized spacial score (nSPS) is 26.5. The van der Waals surface area contributed by atoms with Crippen LogP contribution in [-0.2, 0) is 14.8 Å². The number of benzene rings is 1. The zero-order chi connectivity index (χ0) is 16.6. The van der Waals surface area contributed by atoms with E-state index in [0.717, 1.165) is 13.0 Å². The number of sulfonamides is 1. The number of piperidine rings is 1. The van der Waals surface area contributed by atoms with E-state index in [1.807, 2.05) is 13.1 Å². The highest BCUT2D eigenvalue weighted by Gasteiger charge is 2.42. The number of fused-ring (bicyclic) bond motifs is 1. The molecule has 0 aromatic heterocycles. The molecule has 1 aromatic carbocycles. The van der Waals surface area contributed by atoms with Crippen LogP contribution < -0.4 is 0 Å². The zero-order valence-corrected chi connectivity index (χ0v) is 14.2. The van der Waals surface area contributed by atoms with Gasteiger partial charge < -0.3 is 9.64 Å². The van der Waals surface area contributed by atoms with Crippen molar-refractivity contribution in [1.82, 2.24) is 9.21 Å². The van der Waals surface area contributed by atoms with Crippen LogP contribution in [0.2, 0.25) is 0 Å². The molecule has 1 aromatic rings. The van der Waals surface area contributed by atoms with Crippen molar-refractivity contribution >= 4 is 10.0 Å². The van der Waals surface area contributed by atoms with Gasteiger partial charge in [-0.05, 0) is 32.0 Å². The Bertz CT molecular complexity index is 741. The number of hydrogen-bond acceptors (Lipinski definition) is 5. The molecular weight excluding hydrogens is 314 g/mol. The summed E-state index contributed by atoms with van der Waals surface area (Å²) >= 11 is 0. The molecule has 2 saturated heterocycles. The van der Waals surface area contributed by atoms with Gasteiger partial charge in [-0.1, -0.05) is 12.1 Å². The molecule has 0 bridgehead atoms. The van der Waals surface area contributed by atoms with Crippen LogP contribution >= 0.6 is 0 Å². The zero-order valence-electron chi connectivity index (χ0n) is 13.4. The highest BCUT2D eigenvalue weighted by Crippen LogP contribution is 2.30. The van der Waals surface area contributed by atoms with E-state index in [9.17, 15) is 13.7 Å². The third-order valence-electron chi connectivity index (χ3n) is 4.67. The Morgan fingerprint density at radius 2 is 2.13 bits per heavy atom. The number of nitrogens with zero attached hydrogens (tertiary/aromatic N) is 3. The van der Waals surface area contributed by atoms with Crippen molar-refractivity contribution in [1.29, 1.82) is 5.26 Å². The van der Waals surface area contributed by atoms with Crippen LogP contribution in [0.3, 0.4) is 0 Å². The predicted octanol–water partition coefficient (Wildman–Crippen LogP) is 0.960. The Morgan fingerprint density at radius 1 is 1.35 bits per heavy atom. The lowest BCUT2D eigenvalue weighted by Crippen LogP contribution is -2.60. The van der Waals surface area contributed by atoms with Gasteiger partial charge in [-0.25, -0.2) is 8.42 Å². The summed E-state index contributed by atoms with van der Waals surface area (Å²) in [7, 11) is -1.73. The molecule has 0 aliphatic carbocycles. The van der Waals surface area contributed by atoms with Crippen LogP contribution in [0.25, 0.3) is 0 Å². The lowest BCUT2D eigenvalue weighted by molar-refractivity contribution is -0.0719. The second kappa shape index (κ2) is 6.21. The maximum absolute atomic E-state index is 13.2. The number of rotatable bonds is 2. The van der Waals surface area contributed by atoms with Gasteiger partial charge in [0.15, 0.2) is 0 Å². The van der Waals surface area contributed by atoms with Crippen LogP contribution in [0.15, 0.2) is 23.1 Å². The third-order valence-corrected chi connectivity index (χ3v) is 6.64. The van der Waals surface area contributed by atoms with Crippen molar-refractivity contribution in [2.24, 2.45) is 0 Å². The summed E-state index contributed by atoms with van der Waals surface area (Å²) in [5.41, 5.74) is 0.916. The summed E-state index contributed by atoms with van der Waals surface area (Å²) in [5, 5.41) is 9.37. The van der Waals surface area contributed by atoms with Crippen molar-refractivity contribution < 1.29 is 13.2 Å². The highest BCUT2D eigenvalue weighted by atomic mass is 32.2. The largest absolute Gasteiger partial charge is 0.375 e. The fourth-order valence-corrected chi connectivity index (χ4v) is 5.26. The maximum atomic E-state index is 13.2. The number of ether oxygens (including phenoxy) is 1. The van der Waals surface area contributed by atoms with Crippen LogP contribution in [-0.4, -0.2) is 63.1 Å². The lowest BCUT2D eigenvalue weighted by atomic mass is 10.0. The summed E-state index contributed by atoms with van der Waals surface area (Å²) in [6, 6.07) is 6.82. The molecule has 2 aliphatic heterocycles. The quantitative estimate of drug-likeness (QED) is 0.805. The van der Waals surface area contributed by atoms with Crippen molar-refractivity contribution in [2.75, 3.05) is 33.3 Å². The van der Waals surface area contributed by atoms with Crippen LogP contribution in [0, 0.1) is 18.3 Å². The summed E-state index contributed by atoms with van der Waals surface area (Å²) in [4.78, 5) is 2.23. The van der Waals surface area contributed by atoms with E-state index in [-0.39, 0.29) is 22.6 Å². The molecule has 124 valence electrons. The molecule has 0 amide bonds. The second-order valence-corrected chi connectivity index (χ2v) is 8.06. The Kier molecular flexibility index (Phi) is 4.43. The molecule has 0 spiro atoms. The van der Waals surface area contributed by atoms with Gasteiger partial charge in [0.1, 0.15) is 11.0 Å². The molecule has 2 fully saturated rings. The summed E-state index contributed by atoms with van der Waals surface area (Å²) in [6.07, 6.45) is 0.761. The van der Waals surface area contributed by atoms with Gasteiger partial charge in [0.05, 0.1) is 24.3 Å². The maximum Gasteiger partial charge on any atom is 0.244 e. The number of hydrogen-bond donors (Lipinski definition) is 0. The molecule has 0 unspecified atom stereocenters. The van der Waals surface area contributed by atoms with Gasteiger partial charge >= 0.3 is 0 Å². The average molecular weight is 335 g/mol. The van der Waals surface area contributed by atoms with Gasteiger partial charge in [0, 0.05) is 19.6 Å². The molecular formula is C16H21N3O3S. The van der Waals surface area contributed by atoms with Gasteiger partial charge in [0.25, 0.3) is 0 Å². The van der Waals surface area contributed by atoms with Crippen molar-refractivity contribution in [2.45, 2.75) is 30.4 Å². The Labute approximate surface area is 137 Å². The number of nitriles is 1. The van der Waals surface area contributed by atoms with E-state index in [4.69, 9.17) is 4.74 Å². The molecule has 2 heterocycles. The van der Waals surface area contributed by atoms with E-state index in [1.165, 1.54) is 10.4 Å². The Balaban J connectivity index is 2.02. The Hall–Kier alpha value is -1.46. The molecule has 0 N–H and O–H groups in total. The molecule has 3 rings (SSSR count). The van der Waals surface area contributed by atoms with E-state index in [0.29, 0.717) is 25.3 Å². The van der Waals surface area contributed by atoms with E-state index in [2.05, 4.69) is 4.90 Å². The third kappa shape index (κ3) is 2.88. The molecule has 6 nitrogen and oxygen atoms in total. The topological polar surface area (TPSA) is 73.6 Å². The number of aryl methyl sites for hydroxylation is 1. The SMILES string of the molecule is Cc1cccc(S(=O)(=O)N2CCO[C@H]3CCN(C)C[C@H]32)c1C#N. The van der Waals surface area contributed by atoms with Crippen LogP contribution in [0.1, 0.15) is 17.5 Å². The van der Waals surface area contributed by atoms with Crippen molar-refractivity contribution in [3.05, 3.63) is 29.3 Å². The first-order valence-electron chi connectivity index (χ1n) is 7.77. The molecule has 0 radical (unpaired) electrons. The minimum atomic E-state index is -3.72. The van der Waals surface area contributed by atoms with Gasteiger partial charge in [-0.2, -0.15) is 9.57 Å². The number of likely N-dealkylation sites (N-methyl/N-ethyl adjacent to an activating group) is 1. The van der Waals surface area contributed by atoms with E-state index < -0.39 is 10.0 Å². The summed E-state index contributed by atoms with van der Waals surface area (Å²) < 4.78 is 33.7. The second-order valence-electron chi connectivity index (χ2n) is 6.20. The van der Waals surface area contributed by atoms with Gasteiger partial charge in [-0.15, -0.1) is 0 Å². The first kappa shape index (κ1) is 16.4.